The summed E-state index contributed by atoms with van der Waals surface area (Å²) in [4.78, 5) is 29.6. The first kappa shape index (κ1) is 15.1. The summed E-state index contributed by atoms with van der Waals surface area (Å²) in [5.74, 6) is -0.566. The molecule has 2 aromatic heterocycles. The number of thioether (sulfide) groups is 1. The predicted molar refractivity (Wildman–Crippen MR) is 92.0 cm³/mol. The summed E-state index contributed by atoms with van der Waals surface area (Å²) < 4.78 is 5.22. The molecule has 0 unspecified atom stereocenters. The van der Waals surface area contributed by atoms with Crippen LogP contribution in [0.4, 0.5) is 0 Å². The Balaban J connectivity index is 2.05. The summed E-state index contributed by atoms with van der Waals surface area (Å²) in [7, 11) is 1.36. The molecule has 0 radical (unpaired) electrons. The van der Waals surface area contributed by atoms with Gasteiger partial charge in [0.05, 0.1) is 12.0 Å². The molecule has 2 aromatic rings. The van der Waals surface area contributed by atoms with Crippen molar-refractivity contribution < 1.29 is 14.3 Å². The normalized spacial score (nSPS) is 16.4. The molecule has 0 aromatic carbocycles. The molecule has 5 nitrogen and oxygen atoms in total. The fraction of sp³-hybridized carbons (Fsp3) is 0.143. The minimum Gasteiger partial charge on any atom is -0.465 e. The van der Waals surface area contributed by atoms with Crippen molar-refractivity contribution >= 4 is 67.8 Å². The molecule has 1 aliphatic rings. The van der Waals surface area contributed by atoms with Crippen molar-refractivity contribution in [2.24, 2.45) is 0 Å². The Labute approximate surface area is 139 Å². The first-order chi connectivity index (χ1) is 10.5. The fourth-order valence-electron chi connectivity index (χ4n) is 2.05. The van der Waals surface area contributed by atoms with Crippen LogP contribution < -0.4 is 5.32 Å². The maximum Gasteiger partial charge on any atom is 0.348 e. The van der Waals surface area contributed by atoms with Gasteiger partial charge in [-0.15, -0.1) is 11.3 Å². The van der Waals surface area contributed by atoms with Crippen LogP contribution in [0, 0.1) is 6.92 Å². The van der Waals surface area contributed by atoms with E-state index in [9.17, 15) is 9.59 Å². The maximum absolute atomic E-state index is 11.7. The van der Waals surface area contributed by atoms with Gasteiger partial charge in [-0.1, -0.05) is 24.0 Å². The molecule has 22 heavy (non-hydrogen) atoms. The highest BCUT2D eigenvalue weighted by molar-refractivity contribution is 8.26. The van der Waals surface area contributed by atoms with Crippen molar-refractivity contribution in [2.45, 2.75) is 6.92 Å². The Bertz CT molecular complexity index is 854. The average molecular weight is 350 g/mol. The maximum atomic E-state index is 11.7. The van der Waals surface area contributed by atoms with Crippen LogP contribution in [0.15, 0.2) is 17.2 Å². The van der Waals surface area contributed by atoms with Gasteiger partial charge in [-0.2, -0.15) is 0 Å². The lowest BCUT2D eigenvalue weighted by atomic mass is 10.1. The van der Waals surface area contributed by atoms with Gasteiger partial charge in [0.25, 0.3) is 5.91 Å². The molecule has 0 aliphatic carbocycles. The molecular formula is C14H10N2O3S3. The van der Waals surface area contributed by atoms with Gasteiger partial charge in [0.2, 0.25) is 0 Å². The van der Waals surface area contributed by atoms with Gasteiger partial charge in [-0.25, -0.2) is 9.78 Å². The second kappa shape index (κ2) is 5.79. The molecule has 3 rings (SSSR count). The van der Waals surface area contributed by atoms with Crippen LogP contribution in [0.2, 0.25) is 0 Å². The molecule has 0 saturated carbocycles. The third-order valence-electron chi connectivity index (χ3n) is 3.13. The number of fused-ring (bicyclic) bond motifs is 1. The second-order valence-corrected chi connectivity index (χ2v) is 7.24. The van der Waals surface area contributed by atoms with E-state index in [1.807, 2.05) is 13.0 Å². The highest BCUT2D eigenvalue weighted by Gasteiger charge is 2.22. The number of hydrogen-bond acceptors (Lipinski definition) is 7. The first-order valence-corrected chi connectivity index (χ1v) is 8.26. The predicted octanol–water partition coefficient (Wildman–Crippen LogP) is 2.88. The number of methoxy groups -OCH3 is 1. The van der Waals surface area contributed by atoms with Crippen molar-refractivity contribution in [3.8, 4) is 0 Å². The van der Waals surface area contributed by atoms with E-state index in [1.54, 1.807) is 12.3 Å². The molecule has 0 spiro atoms. The van der Waals surface area contributed by atoms with Gasteiger partial charge in [-0.05, 0) is 30.2 Å². The lowest BCUT2D eigenvalue weighted by molar-refractivity contribution is -0.115. The number of aryl methyl sites for hydroxylation is 1. The second-order valence-electron chi connectivity index (χ2n) is 4.52. The van der Waals surface area contributed by atoms with Crippen molar-refractivity contribution in [2.75, 3.05) is 7.11 Å². The van der Waals surface area contributed by atoms with Gasteiger partial charge >= 0.3 is 5.97 Å². The zero-order chi connectivity index (χ0) is 15.9. The van der Waals surface area contributed by atoms with E-state index in [-0.39, 0.29) is 11.9 Å². The van der Waals surface area contributed by atoms with Crippen LogP contribution in [-0.2, 0) is 9.53 Å². The first-order valence-electron chi connectivity index (χ1n) is 6.22. The zero-order valence-electron chi connectivity index (χ0n) is 11.6. The fourth-order valence-corrected chi connectivity index (χ4v) is 4.15. The van der Waals surface area contributed by atoms with E-state index in [4.69, 9.17) is 17.0 Å². The molecule has 3 heterocycles. The van der Waals surface area contributed by atoms with E-state index in [0.29, 0.717) is 14.1 Å². The van der Waals surface area contributed by atoms with Gasteiger partial charge in [0, 0.05) is 11.6 Å². The van der Waals surface area contributed by atoms with Crippen LogP contribution >= 0.6 is 35.3 Å². The zero-order valence-corrected chi connectivity index (χ0v) is 14.1. The molecule has 8 heteroatoms. The smallest absolute Gasteiger partial charge is 0.348 e. The summed E-state index contributed by atoms with van der Waals surface area (Å²) in [6.07, 6.45) is 3.40. The molecule has 1 saturated heterocycles. The number of esters is 1. The Morgan fingerprint density at radius 1 is 1.50 bits per heavy atom. The monoisotopic (exact) mass is 350 g/mol. The van der Waals surface area contributed by atoms with Crippen LogP contribution in [0.5, 0.6) is 0 Å². The molecule has 0 bridgehead atoms. The summed E-state index contributed by atoms with van der Waals surface area (Å²) in [5, 5.41) is 3.45. The van der Waals surface area contributed by atoms with Crippen LogP contribution in [0.3, 0.4) is 0 Å². The Morgan fingerprint density at radius 3 is 2.91 bits per heavy atom. The van der Waals surface area contributed by atoms with Crippen LogP contribution in [0.1, 0.15) is 20.8 Å². The van der Waals surface area contributed by atoms with Crippen molar-refractivity contribution in [3.05, 3.63) is 33.2 Å². The van der Waals surface area contributed by atoms with Gasteiger partial charge in [0.1, 0.15) is 14.0 Å². The summed E-state index contributed by atoms with van der Waals surface area (Å²) in [5.41, 5.74) is 1.62. The van der Waals surface area contributed by atoms with E-state index in [1.165, 1.54) is 30.2 Å². The van der Waals surface area contributed by atoms with E-state index < -0.39 is 0 Å². The lowest BCUT2D eigenvalue weighted by Crippen LogP contribution is -2.17. The molecular weight excluding hydrogens is 340 g/mol. The van der Waals surface area contributed by atoms with Gasteiger partial charge in [0.15, 0.2) is 0 Å². The average Bonchev–Trinajstić information content (AvgIpc) is 2.98. The standard InChI is InChI=1S/C14H10N2O3S3/c1-6-8-3-7(4-9-11(17)16-14(20)21-9)5-15-12(8)22-10(6)13(18)19-2/h3-5H,1-2H3,(H,16,17,20)/b9-4+. The molecule has 112 valence electrons. The number of pyridine rings is 1. The molecule has 1 amide bonds. The number of amides is 1. The van der Waals surface area contributed by atoms with Crippen molar-refractivity contribution in [3.63, 3.8) is 0 Å². The summed E-state index contributed by atoms with van der Waals surface area (Å²) in [6, 6.07) is 1.91. The Morgan fingerprint density at radius 2 is 2.27 bits per heavy atom. The van der Waals surface area contributed by atoms with Gasteiger partial charge in [-0.3, -0.25) is 4.79 Å². The number of ether oxygens (including phenoxy) is 1. The summed E-state index contributed by atoms with van der Waals surface area (Å²) in [6.45, 7) is 1.86. The Hall–Kier alpha value is -1.77. The minimum absolute atomic E-state index is 0.201. The van der Waals surface area contributed by atoms with E-state index in [2.05, 4.69) is 10.3 Å². The number of thiocarbonyl (C=S) groups is 1. The Kier molecular flexibility index (Phi) is 3.98. The quantitative estimate of drug-likeness (QED) is 0.510. The summed E-state index contributed by atoms with van der Waals surface area (Å²) >= 11 is 7.48. The number of carbonyl (C=O) groups excluding carboxylic acids is 2. The molecule has 0 atom stereocenters. The number of carbonyl (C=O) groups is 2. The number of nitrogens with one attached hydrogen (secondary N) is 1. The largest absolute Gasteiger partial charge is 0.465 e. The molecule has 1 N–H and O–H groups in total. The minimum atomic E-state index is -0.364. The highest BCUT2D eigenvalue weighted by atomic mass is 32.2. The van der Waals surface area contributed by atoms with Crippen LogP contribution in [0.25, 0.3) is 16.3 Å². The third kappa shape index (κ3) is 2.65. The lowest BCUT2D eigenvalue weighted by Gasteiger charge is -1.97. The van der Waals surface area contributed by atoms with E-state index in [0.717, 1.165) is 21.3 Å². The van der Waals surface area contributed by atoms with Crippen LogP contribution in [-0.4, -0.2) is 28.3 Å². The van der Waals surface area contributed by atoms with E-state index >= 15 is 0 Å². The number of aromatic nitrogens is 1. The van der Waals surface area contributed by atoms with Gasteiger partial charge < -0.3 is 10.1 Å². The molecule has 1 fully saturated rings. The number of rotatable bonds is 2. The third-order valence-corrected chi connectivity index (χ3v) is 5.48. The number of hydrogen-bond donors (Lipinski definition) is 1. The molecule has 1 aliphatic heterocycles. The topological polar surface area (TPSA) is 68.3 Å². The highest BCUT2D eigenvalue weighted by Crippen LogP contribution is 2.32. The van der Waals surface area contributed by atoms with Crippen molar-refractivity contribution in [1.82, 2.24) is 10.3 Å². The van der Waals surface area contributed by atoms with Crippen molar-refractivity contribution in [1.29, 1.82) is 0 Å². The number of thiophene rings is 1. The number of nitrogens with zero attached hydrogens (tertiary/aromatic N) is 1. The SMILES string of the molecule is COC(=O)c1sc2ncc(/C=C3/SC(=S)NC3=O)cc2c1C.